The molecule has 0 amide bonds. The fourth-order valence-corrected chi connectivity index (χ4v) is 1.97. The third kappa shape index (κ3) is 4.38. The van der Waals surface area contributed by atoms with Crippen LogP contribution in [0.15, 0.2) is 18.7 Å². The summed E-state index contributed by atoms with van der Waals surface area (Å²) in [5.41, 5.74) is 0. The second-order valence-corrected chi connectivity index (χ2v) is 5.09. The molecule has 0 saturated carbocycles. The number of imidazole rings is 1. The zero-order chi connectivity index (χ0) is 15.2. The first kappa shape index (κ1) is 15.2. The van der Waals surface area contributed by atoms with E-state index in [2.05, 4.69) is 42.4 Å². The topological polar surface area (TPSA) is 83.8 Å². The summed E-state index contributed by atoms with van der Waals surface area (Å²) in [6.45, 7) is 5.73. The maximum Gasteiger partial charge on any atom is 0.241 e. The van der Waals surface area contributed by atoms with Crippen molar-refractivity contribution in [2.45, 2.75) is 19.9 Å². The second kappa shape index (κ2) is 6.98. The molecule has 0 aromatic carbocycles. The van der Waals surface area contributed by atoms with Gasteiger partial charge < -0.3 is 15.5 Å². The van der Waals surface area contributed by atoms with Crippen LogP contribution in [0.1, 0.15) is 13.8 Å². The van der Waals surface area contributed by atoms with Gasteiger partial charge in [0, 0.05) is 31.5 Å². The number of anilines is 2. The second-order valence-electron chi connectivity index (χ2n) is 5.09. The molecule has 0 radical (unpaired) electrons. The highest BCUT2D eigenvalue weighted by Crippen LogP contribution is 2.10. The fraction of sp³-hybridized carbons (Fsp3) is 0.538. The Kier molecular flexibility index (Phi) is 5.04. The molecule has 0 aliphatic rings. The summed E-state index contributed by atoms with van der Waals surface area (Å²) in [7, 11) is 4.07. The minimum Gasteiger partial charge on any atom is -0.354 e. The summed E-state index contributed by atoms with van der Waals surface area (Å²) in [6, 6.07) is 0.229. The average Bonchev–Trinajstić information content (AvgIpc) is 2.91. The van der Waals surface area contributed by atoms with Crippen molar-refractivity contribution >= 4 is 11.9 Å². The van der Waals surface area contributed by atoms with Crippen molar-refractivity contribution < 1.29 is 0 Å². The third-order valence-corrected chi connectivity index (χ3v) is 2.71. The van der Waals surface area contributed by atoms with E-state index < -0.39 is 0 Å². The number of nitrogens with zero attached hydrogens (tertiary/aromatic N) is 6. The van der Waals surface area contributed by atoms with E-state index in [4.69, 9.17) is 0 Å². The number of hydrogen-bond donors (Lipinski definition) is 2. The average molecular weight is 290 g/mol. The smallest absolute Gasteiger partial charge is 0.241 e. The van der Waals surface area contributed by atoms with Crippen LogP contribution < -0.4 is 10.6 Å². The molecule has 0 fully saturated rings. The molecule has 1 unspecified atom stereocenters. The maximum absolute atomic E-state index is 4.44. The highest BCUT2D eigenvalue weighted by atomic mass is 15.3. The molecule has 2 aromatic heterocycles. The number of rotatable bonds is 7. The Hall–Kier alpha value is -2.22. The Morgan fingerprint density at radius 3 is 2.62 bits per heavy atom. The molecule has 0 spiro atoms. The lowest BCUT2D eigenvalue weighted by molar-refractivity contribution is 0.391. The van der Waals surface area contributed by atoms with Gasteiger partial charge >= 0.3 is 0 Å². The van der Waals surface area contributed by atoms with Crippen LogP contribution in [-0.2, 0) is 0 Å². The zero-order valence-electron chi connectivity index (χ0n) is 12.9. The fourth-order valence-electron chi connectivity index (χ4n) is 1.97. The number of hydrogen-bond acceptors (Lipinski definition) is 7. The van der Waals surface area contributed by atoms with Crippen molar-refractivity contribution in [3.05, 3.63) is 18.7 Å². The van der Waals surface area contributed by atoms with Crippen LogP contribution in [0.4, 0.5) is 11.9 Å². The van der Waals surface area contributed by atoms with E-state index in [0.29, 0.717) is 17.8 Å². The van der Waals surface area contributed by atoms with Gasteiger partial charge in [-0.2, -0.15) is 15.0 Å². The van der Waals surface area contributed by atoms with Gasteiger partial charge in [0.1, 0.15) is 6.33 Å². The molecule has 0 aliphatic heterocycles. The van der Waals surface area contributed by atoms with Crippen molar-refractivity contribution in [2.24, 2.45) is 0 Å². The summed E-state index contributed by atoms with van der Waals surface area (Å²) in [4.78, 5) is 19.3. The van der Waals surface area contributed by atoms with Gasteiger partial charge in [0.2, 0.25) is 17.8 Å². The van der Waals surface area contributed by atoms with Gasteiger partial charge in [-0.25, -0.2) is 4.98 Å². The predicted octanol–water partition coefficient (Wildman–Crippen LogP) is 0.851. The highest BCUT2D eigenvalue weighted by molar-refractivity contribution is 5.38. The highest BCUT2D eigenvalue weighted by Gasteiger charge is 2.10. The third-order valence-electron chi connectivity index (χ3n) is 2.71. The Labute approximate surface area is 124 Å². The lowest BCUT2D eigenvalue weighted by Gasteiger charge is -2.18. The van der Waals surface area contributed by atoms with Crippen molar-refractivity contribution in [3.63, 3.8) is 0 Å². The van der Waals surface area contributed by atoms with Gasteiger partial charge in [-0.1, -0.05) is 0 Å². The van der Waals surface area contributed by atoms with Crippen molar-refractivity contribution in [3.8, 4) is 5.95 Å². The summed E-state index contributed by atoms with van der Waals surface area (Å²) in [6.07, 6.45) is 5.16. The largest absolute Gasteiger partial charge is 0.354 e. The molecule has 8 heteroatoms. The maximum atomic E-state index is 4.44. The quantitative estimate of drug-likeness (QED) is 0.782. The number of likely N-dealkylation sites (N-methyl/N-ethyl adjacent to an activating group) is 1. The van der Waals surface area contributed by atoms with E-state index in [0.717, 1.165) is 13.1 Å². The summed E-state index contributed by atoms with van der Waals surface area (Å²) in [5.74, 6) is 1.65. The van der Waals surface area contributed by atoms with Crippen molar-refractivity contribution in [1.29, 1.82) is 0 Å². The molecule has 2 heterocycles. The van der Waals surface area contributed by atoms with Crippen LogP contribution in [0.2, 0.25) is 0 Å². The van der Waals surface area contributed by atoms with Crippen molar-refractivity contribution in [2.75, 3.05) is 37.8 Å². The number of aromatic nitrogens is 5. The molecular formula is C13H22N8. The molecule has 114 valence electrons. The standard InChI is InChI=1S/C13H22N8/c1-5-15-11-17-12(16-10(2)8-20(3)4)19-13(18-11)21-7-6-14-9-21/h6-7,9-10H,5,8H2,1-4H3,(H2,15,16,17,18,19). The lowest BCUT2D eigenvalue weighted by Crippen LogP contribution is -2.30. The summed E-state index contributed by atoms with van der Waals surface area (Å²) >= 11 is 0. The first-order chi connectivity index (χ1) is 10.1. The summed E-state index contributed by atoms with van der Waals surface area (Å²) in [5, 5.41) is 6.41. The van der Waals surface area contributed by atoms with E-state index in [9.17, 15) is 0 Å². The molecule has 2 N–H and O–H groups in total. The Balaban J connectivity index is 2.23. The monoisotopic (exact) mass is 290 g/mol. The molecule has 0 aliphatic carbocycles. The van der Waals surface area contributed by atoms with E-state index in [1.807, 2.05) is 21.0 Å². The Bertz CT molecular complexity index is 551. The predicted molar refractivity (Wildman–Crippen MR) is 82.8 cm³/mol. The normalized spacial score (nSPS) is 12.4. The van der Waals surface area contributed by atoms with Crippen molar-refractivity contribution in [1.82, 2.24) is 29.4 Å². The SMILES string of the molecule is CCNc1nc(NC(C)CN(C)C)nc(-n2ccnc2)n1. The van der Waals surface area contributed by atoms with E-state index >= 15 is 0 Å². The van der Waals surface area contributed by atoms with Crippen LogP contribution in [0, 0.1) is 0 Å². The first-order valence-corrected chi connectivity index (χ1v) is 6.98. The van der Waals surface area contributed by atoms with Crippen LogP contribution >= 0.6 is 0 Å². The first-order valence-electron chi connectivity index (χ1n) is 6.98. The number of nitrogens with one attached hydrogen (secondary N) is 2. The molecule has 2 rings (SSSR count). The molecule has 1 atom stereocenters. The molecule has 21 heavy (non-hydrogen) atoms. The summed E-state index contributed by atoms with van der Waals surface area (Å²) < 4.78 is 1.75. The molecule has 8 nitrogen and oxygen atoms in total. The van der Waals surface area contributed by atoms with Gasteiger partial charge in [0.05, 0.1) is 0 Å². The zero-order valence-corrected chi connectivity index (χ0v) is 12.9. The lowest BCUT2D eigenvalue weighted by atomic mass is 10.3. The van der Waals surface area contributed by atoms with Gasteiger partial charge in [0.25, 0.3) is 0 Å². The van der Waals surface area contributed by atoms with Crippen LogP contribution in [-0.4, -0.2) is 62.6 Å². The van der Waals surface area contributed by atoms with Gasteiger partial charge in [-0.3, -0.25) is 4.57 Å². The van der Waals surface area contributed by atoms with Gasteiger partial charge in [-0.05, 0) is 27.9 Å². The molecule has 0 bridgehead atoms. The minimum absolute atomic E-state index is 0.229. The van der Waals surface area contributed by atoms with Gasteiger partial charge in [0.15, 0.2) is 0 Å². The van der Waals surface area contributed by atoms with E-state index in [1.54, 1.807) is 23.3 Å². The minimum atomic E-state index is 0.229. The van der Waals surface area contributed by atoms with Crippen LogP contribution in [0.5, 0.6) is 0 Å². The molecular weight excluding hydrogens is 268 g/mol. The van der Waals surface area contributed by atoms with E-state index in [-0.39, 0.29) is 6.04 Å². The van der Waals surface area contributed by atoms with E-state index in [1.165, 1.54) is 0 Å². The van der Waals surface area contributed by atoms with Crippen LogP contribution in [0.3, 0.4) is 0 Å². The molecule has 0 saturated heterocycles. The van der Waals surface area contributed by atoms with Crippen LogP contribution in [0.25, 0.3) is 5.95 Å². The Morgan fingerprint density at radius 2 is 2.00 bits per heavy atom. The molecule has 2 aromatic rings. The Morgan fingerprint density at radius 1 is 1.24 bits per heavy atom. The van der Waals surface area contributed by atoms with Gasteiger partial charge in [-0.15, -0.1) is 0 Å².